The van der Waals surface area contributed by atoms with Gasteiger partial charge in [-0.15, -0.1) is 0 Å². The van der Waals surface area contributed by atoms with Crippen LogP contribution in [0.3, 0.4) is 0 Å². The van der Waals surface area contributed by atoms with E-state index in [0.29, 0.717) is 12.0 Å². The van der Waals surface area contributed by atoms with Gasteiger partial charge in [-0.3, -0.25) is 4.79 Å². The van der Waals surface area contributed by atoms with Crippen molar-refractivity contribution in [2.75, 3.05) is 6.54 Å². The lowest BCUT2D eigenvalue weighted by Crippen LogP contribution is -2.57. The van der Waals surface area contributed by atoms with Crippen molar-refractivity contribution >= 4 is 17.5 Å². The standard InChI is InChI=1S/C14H17ClFN2O/c15-11-4-3-10(9-12(11)16)5-7-14(13(17)19)6-1-2-8-18-14/h3-5,9,18H,1-2,6-8H2,(H2,17,19)/t14-/m0/s1. The second-order valence-corrected chi connectivity index (χ2v) is 5.32. The van der Waals surface area contributed by atoms with Crippen molar-refractivity contribution in [3.05, 3.63) is 41.0 Å². The van der Waals surface area contributed by atoms with E-state index in [2.05, 4.69) is 5.32 Å². The molecule has 0 saturated carbocycles. The fraction of sp³-hybridized carbons (Fsp3) is 0.429. The van der Waals surface area contributed by atoms with Gasteiger partial charge in [0.25, 0.3) is 0 Å². The molecule has 0 spiro atoms. The van der Waals surface area contributed by atoms with Crippen molar-refractivity contribution in [2.45, 2.75) is 31.2 Å². The summed E-state index contributed by atoms with van der Waals surface area (Å²) in [6, 6.07) is 4.59. The molecule has 1 saturated heterocycles. The first-order chi connectivity index (χ1) is 9.03. The van der Waals surface area contributed by atoms with Crippen LogP contribution in [0.2, 0.25) is 5.02 Å². The topological polar surface area (TPSA) is 55.1 Å². The van der Waals surface area contributed by atoms with Crippen LogP contribution < -0.4 is 11.1 Å². The number of piperidine rings is 1. The van der Waals surface area contributed by atoms with Gasteiger partial charge in [0.2, 0.25) is 5.91 Å². The molecule has 0 aromatic heterocycles. The van der Waals surface area contributed by atoms with Gasteiger partial charge in [-0.05, 0) is 56.3 Å². The third-order valence-corrected chi connectivity index (χ3v) is 3.90. The van der Waals surface area contributed by atoms with E-state index in [0.717, 1.165) is 25.8 Å². The maximum atomic E-state index is 13.3. The van der Waals surface area contributed by atoms with Gasteiger partial charge in [0.15, 0.2) is 0 Å². The molecule has 1 aromatic carbocycles. The maximum absolute atomic E-state index is 13.3. The number of carbonyl (C=O) groups is 1. The van der Waals surface area contributed by atoms with Gasteiger partial charge in [-0.1, -0.05) is 17.7 Å². The summed E-state index contributed by atoms with van der Waals surface area (Å²) in [5.41, 5.74) is 5.51. The minimum Gasteiger partial charge on any atom is -0.368 e. The van der Waals surface area contributed by atoms with Gasteiger partial charge in [-0.25, -0.2) is 4.39 Å². The summed E-state index contributed by atoms with van der Waals surface area (Å²) in [6.07, 6.45) is 5.02. The van der Waals surface area contributed by atoms with E-state index in [1.807, 2.05) is 6.42 Å². The number of hydrogen-bond donors (Lipinski definition) is 2. The van der Waals surface area contributed by atoms with Crippen LogP contribution in [0.25, 0.3) is 0 Å². The molecule has 1 heterocycles. The minimum absolute atomic E-state index is 0.0950. The molecule has 19 heavy (non-hydrogen) atoms. The van der Waals surface area contributed by atoms with Gasteiger partial charge in [-0.2, -0.15) is 0 Å². The first-order valence-electron chi connectivity index (χ1n) is 6.37. The van der Waals surface area contributed by atoms with Crippen LogP contribution in [0.5, 0.6) is 0 Å². The molecule has 0 bridgehead atoms. The van der Waals surface area contributed by atoms with Gasteiger partial charge in [0.1, 0.15) is 5.82 Å². The fourth-order valence-electron chi connectivity index (χ4n) is 2.38. The molecule has 3 nitrogen and oxygen atoms in total. The van der Waals surface area contributed by atoms with E-state index >= 15 is 0 Å². The molecule has 1 aliphatic heterocycles. The Morgan fingerprint density at radius 1 is 1.53 bits per heavy atom. The van der Waals surface area contributed by atoms with Crippen molar-refractivity contribution in [3.63, 3.8) is 0 Å². The number of amides is 1. The zero-order valence-electron chi connectivity index (χ0n) is 10.6. The quantitative estimate of drug-likeness (QED) is 0.892. The summed E-state index contributed by atoms with van der Waals surface area (Å²) in [5.74, 6) is -0.807. The molecule has 2 rings (SSSR count). The number of nitrogens with one attached hydrogen (secondary N) is 1. The lowest BCUT2D eigenvalue weighted by atomic mass is 9.83. The van der Waals surface area contributed by atoms with Gasteiger partial charge < -0.3 is 11.1 Å². The highest BCUT2D eigenvalue weighted by Gasteiger charge is 2.37. The Morgan fingerprint density at radius 2 is 2.32 bits per heavy atom. The van der Waals surface area contributed by atoms with Crippen molar-refractivity contribution in [3.8, 4) is 0 Å². The SMILES string of the molecule is NC(=O)[C@@]1(C[CH]c2ccc(Cl)c(F)c2)CCCCN1. The Hall–Kier alpha value is -1.13. The lowest BCUT2D eigenvalue weighted by molar-refractivity contribution is -0.125. The van der Waals surface area contributed by atoms with Crippen molar-refractivity contribution < 1.29 is 9.18 Å². The van der Waals surface area contributed by atoms with Crippen LogP contribution in [0.1, 0.15) is 31.2 Å². The average Bonchev–Trinajstić information content (AvgIpc) is 2.41. The predicted molar refractivity (Wildman–Crippen MR) is 73.2 cm³/mol. The van der Waals surface area contributed by atoms with E-state index in [9.17, 15) is 9.18 Å². The van der Waals surface area contributed by atoms with Gasteiger partial charge >= 0.3 is 0 Å². The number of rotatable bonds is 4. The lowest BCUT2D eigenvalue weighted by Gasteiger charge is -2.35. The van der Waals surface area contributed by atoms with Crippen molar-refractivity contribution in [2.24, 2.45) is 5.73 Å². The molecule has 1 radical (unpaired) electrons. The predicted octanol–water partition coefficient (Wildman–Crippen LogP) is 2.42. The molecule has 1 aliphatic rings. The number of nitrogens with two attached hydrogens (primary N) is 1. The van der Waals surface area contributed by atoms with Gasteiger partial charge in [0, 0.05) is 0 Å². The van der Waals surface area contributed by atoms with Gasteiger partial charge in [0.05, 0.1) is 10.6 Å². The van der Waals surface area contributed by atoms with Crippen LogP contribution in [-0.4, -0.2) is 18.0 Å². The highest BCUT2D eigenvalue weighted by atomic mass is 35.5. The molecule has 1 aromatic rings. The minimum atomic E-state index is -0.700. The summed E-state index contributed by atoms with van der Waals surface area (Å²) in [5, 5.41) is 3.30. The summed E-state index contributed by atoms with van der Waals surface area (Å²) >= 11 is 5.63. The fourth-order valence-corrected chi connectivity index (χ4v) is 2.50. The average molecular weight is 284 g/mol. The molecule has 103 valence electrons. The smallest absolute Gasteiger partial charge is 0.237 e. The first-order valence-corrected chi connectivity index (χ1v) is 6.74. The molecule has 1 fully saturated rings. The Balaban J connectivity index is 2.06. The molecule has 0 unspecified atom stereocenters. The number of benzene rings is 1. The number of halogens is 2. The summed E-state index contributed by atoms with van der Waals surface area (Å²) in [6.45, 7) is 0.783. The Kier molecular flexibility index (Phi) is 4.42. The molecular weight excluding hydrogens is 267 g/mol. The number of carbonyl (C=O) groups excluding carboxylic acids is 1. The molecule has 1 atom stereocenters. The van der Waals surface area contributed by atoms with Crippen LogP contribution in [0, 0.1) is 12.2 Å². The Bertz CT molecular complexity index is 473. The van der Waals surface area contributed by atoms with Crippen LogP contribution in [0.15, 0.2) is 18.2 Å². The van der Waals surface area contributed by atoms with Crippen LogP contribution >= 0.6 is 11.6 Å². The monoisotopic (exact) mass is 283 g/mol. The van der Waals surface area contributed by atoms with E-state index in [1.165, 1.54) is 12.1 Å². The Labute approximate surface area is 117 Å². The third-order valence-electron chi connectivity index (χ3n) is 3.60. The normalized spacial score (nSPS) is 23.3. The number of hydrogen-bond acceptors (Lipinski definition) is 2. The third kappa shape index (κ3) is 3.25. The number of primary amides is 1. The van der Waals surface area contributed by atoms with E-state index < -0.39 is 11.4 Å². The molecule has 3 N–H and O–H groups in total. The molecule has 1 amide bonds. The summed E-state index contributed by atoms with van der Waals surface area (Å²) < 4.78 is 13.3. The van der Waals surface area contributed by atoms with E-state index in [-0.39, 0.29) is 10.9 Å². The zero-order chi connectivity index (χ0) is 13.9. The van der Waals surface area contributed by atoms with Crippen molar-refractivity contribution in [1.82, 2.24) is 5.32 Å². The molecular formula is C14H17ClFN2O. The highest BCUT2D eigenvalue weighted by Crippen LogP contribution is 2.26. The van der Waals surface area contributed by atoms with Crippen LogP contribution in [-0.2, 0) is 4.79 Å². The first kappa shape index (κ1) is 14.3. The van der Waals surface area contributed by atoms with E-state index in [4.69, 9.17) is 17.3 Å². The molecule has 0 aliphatic carbocycles. The van der Waals surface area contributed by atoms with Crippen LogP contribution in [0.4, 0.5) is 4.39 Å². The summed E-state index contributed by atoms with van der Waals surface area (Å²) in [7, 11) is 0. The second kappa shape index (κ2) is 5.88. The van der Waals surface area contributed by atoms with E-state index in [1.54, 1.807) is 6.07 Å². The highest BCUT2D eigenvalue weighted by molar-refractivity contribution is 6.30. The largest absolute Gasteiger partial charge is 0.368 e. The second-order valence-electron chi connectivity index (χ2n) is 4.91. The maximum Gasteiger partial charge on any atom is 0.237 e. The molecule has 5 heteroatoms. The van der Waals surface area contributed by atoms with Crippen molar-refractivity contribution in [1.29, 1.82) is 0 Å². The summed E-state index contributed by atoms with van der Waals surface area (Å²) in [4.78, 5) is 11.7. The zero-order valence-corrected chi connectivity index (χ0v) is 11.3. The Morgan fingerprint density at radius 3 is 2.89 bits per heavy atom.